The summed E-state index contributed by atoms with van der Waals surface area (Å²) >= 11 is 12.1. The van der Waals surface area contributed by atoms with Gasteiger partial charge in [0, 0.05) is 28.7 Å². The summed E-state index contributed by atoms with van der Waals surface area (Å²) < 4.78 is 1.79. The zero-order valence-corrected chi connectivity index (χ0v) is 12.5. The Hall–Kier alpha value is -1.55. The fourth-order valence-corrected chi connectivity index (χ4v) is 2.49. The second-order valence-electron chi connectivity index (χ2n) is 4.30. The monoisotopic (exact) mass is 308 g/mol. The highest BCUT2D eigenvalue weighted by Gasteiger charge is 2.12. The van der Waals surface area contributed by atoms with Gasteiger partial charge in [-0.3, -0.25) is 4.79 Å². The molecule has 0 amide bonds. The van der Waals surface area contributed by atoms with Crippen molar-refractivity contribution >= 4 is 39.8 Å². The van der Waals surface area contributed by atoms with Crippen LogP contribution in [-0.4, -0.2) is 4.57 Å². The molecule has 5 heteroatoms. The summed E-state index contributed by atoms with van der Waals surface area (Å²) in [5, 5.41) is 1.47. The summed E-state index contributed by atoms with van der Waals surface area (Å²) in [6.07, 6.45) is 3.50. The standard InChI is InChI=1S/C15H14Cl2N2O/c1-3-13(9(2)16)19-8-10(7-18)15(20)12-5-4-11(17)6-14(12)19/h3-6,8H,2,7,18H2,1H3. The van der Waals surface area contributed by atoms with Crippen molar-refractivity contribution in [3.8, 4) is 0 Å². The predicted molar refractivity (Wildman–Crippen MR) is 86.0 cm³/mol. The van der Waals surface area contributed by atoms with Crippen LogP contribution in [0.4, 0.5) is 0 Å². The fourth-order valence-electron chi connectivity index (χ4n) is 2.12. The molecule has 0 aliphatic carbocycles. The molecule has 1 heterocycles. The predicted octanol–water partition coefficient (Wildman–Crippen LogP) is 3.73. The number of rotatable bonds is 3. The van der Waals surface area contributed by atoms with Gasteiger partial charge in [0.2, 0.25) is 0 Å². The van der Waals surface area contributed by atoms with E-state index in [9.17, 15) is 4.79 Å². The molecule has 0 saturated heterocycles. The van der Waals surface area contributed by atoms with Crippen LogP contribution in [0, 0.1) is 0 Å². The zero-order chi connectivity index (χ0) is 14.9. The third-order valence-electron chi connectivity index (χ3n) is 3.07. The van der Waals surface area contributed by atoms with Gasteiger partial charge in [-0.15, -0.1) is 0 Å². The third-order valence-corrected chi connectivity index (χ3v) is 3.50. The summed E-state index contributed by atoms with van der Waals surface area (Å²) in [4.78, 5) is 12.3. The number of nitrogens with two attached hydrogens (primary N) is 1. The van der Waals surface area contributed by atoms with E-state index in [2.05, 4.69) is 6.58 Å². The summed E-state index contributed by atoms with van der Waals surface area (Å²) in [7, 11) is 0. The highest BCUT2D eigenvalue weighted by atomic mass is 35.5. The normalized spacial score (nSPS) is 11.9. The Labute approximate surface area is 126 Å². The number of benzene rings is 1. The van der Waals surface area contributed by atoms with E-state index in [1.807, 2.05) is 13.0 Å². The Morgan fingerprint density at radius 2 is 2.20 bits per heavy atom. The second kappa shape index (κ2) is 5.83. The topological polar surface area (TPSA) is 48.0 Å². The highest BCUT2D eigenvalue weighted by Crippen LogP contribution is 2.25. The molecule has 3 nitrogen and oxygen atoms in total. The molecule has 2 aromatic rings. The first kappa shape index (κ1) is 14.9. The largest absolute Gasteiger partial charge is 0.326 e. The van der Waals surface area contributed by atoms with E-state index < -0.39 is 0 Å². The van der Waals surface area contributed by atoms with Gasteiger partial charge in [-0.1, -0.05) is 35.9 Å². The zero-order valence-electron chi connectivity index (χ0n) is 11.0. The Morgan fingerprint density at radius 1 is 1.50 bits per heavy atom. The maximum absolute atomic E-state index is 12.3. The first-order valence-corrected chi connectivity index (χ1v) is 6.80. The number of hydrogen-bond acceptors (Lipinski definition) is 2. The van der Waals surface area contributed by atoms with Gasteiger partial charge in [0.1, 0.15) is 0 Å². The molecule has 0 radical (unpaired) electrons. The summed E-state index contributed by atoms with van der Waals surface area (Å²) in [6.45, 7) is 5.75. The Kier molecular flexibility index (Phi) is 4.33. The van der Waals surface area contributed by atoms with Crippen molar-refractivity contribution in [3.05, 3.63) is 62.9 Å². The molecule has 0 unspecified atom stereocenters. The smallest absolute Gasteiger partial charge is 0.193 e. The van der Waals surface area contributed by atoms with Gasteiger partial charge in [-0.25, -0.2) is 0 Å². The minimum Gasteiger partial charge on any atom is -0.326 e. The average Bonchev–Trinajstić information content (AvgIpc) is 2.41. The third kappa shape index (κ3) is 2.52. The number of aromatic nitrogens is 1. The first-order valence-electron chi connectivity index (χ1n) is 6.05. The van der Waals surface area contributed by atoms with E-state index >= 15 is 0 Å². The van der Waals surface area contributed by atoms with Gasteiger partial charge in [0.25, 0.3) is 0 Å². The van der Waals surface area contributed by atoms with Gasteiger partial charge >= 0.3 is 0 Å². The first-order chi connectivity index (χ1) is 9.49. The van der Waals surface area contributed by atoms with Crippen LogP contribution in [0.2, 0.25) is 5.02 Å². The van der Waals surface area contributed by atoms with Gasteiger partial charge in [-0.2, -0.15) is 0 Å². The van der Waals surface area contributed by atoms with Gasteiger partial charge in [-0.05, 0) is 25.1 Å². The molecule has 1 aromatic carbocycles. The van der Waals surface area contributed by atoms with Crippen LogP contribution < -0.4 is 11.2 Å². The number of hydrogen-bond donors (Lipinski definition) is 1. The van der Waals surface area contributed by atoms with E-state index in [1.165, 1.54) is 0 Å². The Morgan fingerprint density at radius 3 is 2.75 bits per heavy atom. The van der Waals surface area contributed by atoms with Crippen LogP contribution in [-0.2, 0) is 6.54 Å². The maximum atomic E-state index is 12.3. The molecule has 1 aromatic heterocycles. The minimum absolute atomic E-state index is 0.0916. The van der Waals surface area contributed by atoms with Crippen molar-refractivity contribution in [2.45, 2.75) is 13.5 Å². The molecule has 0 saturated carbocycles. The van der Waals surface area contributed by atoms with Crippen LogP contribution in [0.15, 0.2) is 46.9 Å². The lowest BCUT2D eigenvalue weighted by molar-refractivity contribution is 1.01. The molecule has 2 N–H and O–H groups in total. The lowest BCUT2D eigenvalue weighted by atomic mass is 10.1. The molecule has 0 aliphatic heterocycles. The van der Waals surface area contributed by atoms with Gasteiger partial charge in [0.05, 0.1) is 16.2 Å². The Balaban J connectivity index is 2.96. The SMILES string of the molecule is C=C(Cl)C(=CC)n1cc(CN)c(=O)c2ccc(Cl)cc21. The maximum Gasteiger partial charge on any atom is 0.193 e. The van der Waals surface area contributed by atoms with Crippen LogP contribution in [0.5, 0.6) is 0 Å². The molecular formula is C15H14Cl2N2O. The van der Waals surface area contributed by atoms with E-state index in [4.69, 9.17) is 28.9 Å². The summed E-state index contributed by atoms with van der Waals surface area (Å²) in [5.74, 6) is 0. The number of allylic oxidation sites excluding steroid dienone is 3. The van der Waals surface area contributed by atoms with Crippen LogP contribution >= 0.6 is 23.2 Å². The molecule has 0 aliphatic rings. The van der Waals surface area contributed by atoms with E-state index in [0.717, 1.165) is 0 Å². The van der Waals surface area contributed by atoms with E-state index in [1.54, 1.807) is 29.0 Å². The molecule has 2 rings (SSSR count). The number of fused-ring (bicyclic) bond motifs is 1. The van der Waals surface area contributed by atoms with Crippen molar-refractivity contribution < 1.29 is 0 Å². The lowest BCUT2D eigenvalue weighted by Gasteiger charge is -2.15. The molecule has 0 bridgehead atoms. The quantitative estimate of drug-likeness (QED) is 0.878. The van der Waals surface area contributed by atoms with Crippen molar-refractivity contribution in [1.82, 2.24) is 4.57 Å². The van der Waals surface area contributed by atoms with Gasteiger partial charge < -0.3 is 10.3 Å². The van der Waals surface area contributed by atoms with Crippen molar-refractivity contribution in [3.63, 3.8) is 0 Å². The van der Waals surface area contributed by atoms with Gasteiger partial charge in [0.15, 0.2) is 5.43 Å². The summed E-state index contributed by atoms with van der Waals surface area (Å²) in [5.41, 5.74) is 7.43. The number of pyridine rings is 1. The second-order valence-corrected chi connectivity index (χ2v) is 5.19. The number of halogens is 2. The van der Waals surface area contributed by atoms with Crippen molar-refractivity contribution in [1.29, 1.82) is 0 Å². The number of nitrogens with zero attached hydrogens (tertiary/aromatic N) is 1. The average molecular weight is 309 g/mol. The molecule has 0 spiro atoms. The summed E-state index contributed by atoms with van der Waals surface area (Å²) in [6, 6.07) is 5.10. The molecule has 20 heavy (non-hydrogen) atoms. The minimum atomic E-state index is -0.0916. The van der Waals surface area contributed by atoms with Crippen LogP contribution in [0.3, 0.4) is 0 Å². The van der Waals surface area contributed by atoms with Crippen LogP contribution in [0.1, 0.15) is 12.5 Å². The van der Waals surface area contributed by atoms with E-state index in [-0.39, 0.29) is 12.0 Å². The Bertz CT molecular complexity index is 775. The highest BCUT2D eigenvalue weighted by molar-refractivity contribution is 6.35. The molecule has 0 fully saturated rings. The molecule has 0 atom stereocenters. The van der Waals surface area contributed by atoms with Crippen molar-refractivity contribution in [2.75, 3.05) is 0 Å². The fraction of sp³-hybridized carbons (Fsp3) is 0.133. The molecular weight excluding hydrogens is 295 g/mol. The van der Waals surface area contributed by atoms with Crippen molar-refractivity contribution in [2.24, 2.45) is 5.73 Å². The lowest BCUT2D eigenvalue weighted by Crippen LogP contribution is -2.17. The molecule has 104 valence electrons. The van der Waals surface area contributed by atoms with E-state index in [0.29, 0.717) is 32.2 Å². The van der Waals surface area contributed by atoms with Crippen LogP contribution in [0.25, 0.3) is 16.6 Å².